The van der Waals surface area contributed by atoms with Crippen LogP contribution in [0, 0.1) is 6.92 Å². The van der Waals surface area contributed by atoms with Crippen LogP contribution in [0.2, 0.25) is 0 Å². The Morgan fingerprint density at radius 2 is 1.38 bits per heavy atom. The maximum absolute atomic E-state index is 5.54. The highest BCUT2D eigenvalue weighted by Gasteiger charge is 2.12. The number of rotatable bonds is 6. The van der Waals surface area contributed by atoms with Crippen LogP contribution < -0.4 is 14.2 Å². The Balaban J connectivity index is 3.07. The van der Waals surface area contributed by atoms with E-state index < -0.39 is 0 Å². The molecular weight excluding hydrogens is 204 g/mol. The summed E-state index contributed by atoms with van der Waals surface area (Å²) in [5, 5.41) is 0. The molecule has 3 nitrogen and oxygen atoms in total. The molecule has 3 heteroatoms. The van der Waals surface area contributed by atoms with Gasteiger partial charge >= 0.3 is 0 Å². The lowest BCUT2D eigenvalue weighted by molar-refractivity contribution is 0.281. The second-order valence-electron chi connectivity index (χ2n) is 3.17. The summed E-state index contributed by atoms with van der Waals surface area (Å²) in [6.45, 7) is 11.6. The van der Waals surface area contributed by atoms with Gasteiger partial charge in [0.25, 0.3) is 0 Å². The summed E-state index contributed by atoms with van der Waals surface area (Å²) in [6.07, 6.45) is 0. The Morgan fingerprint density at radius 1 is 0.875 bits per heavy atom. The lowest BCUT2D eigenvalue weighted by atomic mass is 10.2. The fraction of sp³-hybridized carbons (Fsp3) is 0.462. The molecule has 0 heterocycles. The molecule has 0 spiro atoms. The molecule has 0 unspecified atom stereocenters. The molecule has 0 aliphatic rings. The van der Waals surface area contributed by atoms with E-state index in [1.54, 1.807) is 0 Å². The minimum Gasteiger partial charge on any atom is -0.493 e. The summed E-state index contributed by atoms with van der Waals surface area (Å²) < 4.78 is 16.5. The Kier molecular flexibility index (Phi) is 4.96. The van der Waals surface area contributed by atoms with Gasteiger partial charge in [0.15, 0.2) is 11.5 Å². The summed E-state index contributed by atoms with van der Waals surface area (Å²) in [4.78, 5) is 0. The predicted molar refractivity (Wildman–Crippen MR) is 64.4 cm³/mol. The van der Waals surface area contributed by atoms with Crippen LogP contribution >= 0.6 is 0 Å². The minimum absolute atomic E-state index is 0.582. The molecule has 0 aliphatic carbocycles. The molecule has 0 saturated carbocycles. The number of hydrogen-bond acceptors (Lipinski definition) is 3. The summed E-state index contributed by atoms with van der Waals surface area (Å²) in [7, 11) is 0. The van der Waals surface area contributed by atoms with Gasteiger partial charge in [-0.2, -0.15) is 0 Å². The van der Waals surface area contributed by atoms with E-state index in [1.807, 2.05) is 32.9 Å². The topological polar surface area (TPSA) is 27.7 Å². The molecule has 89 valence electrons. The molecule has 1 radical (unpaired) electrons. The molecule has 0 aromatic heterocycles. The third-order valence-electron chi connectivity index (χ3n) is 2.07. The molecule has 1 rings (SSSR count). The zero-order valence-electron chi connectivity index (χ0n) is 10.2. The van der Waals surface area contributed by atoms with Crippen molar-refractivity contribution in [3.05, 3.63) is 24.6 Å². The molecule has 0 aliphatic heterocycles. The van der Waals surface area contributed by atoms with Crippen molar-refractivity contribution < 1.29 is 14.2 Å². The summed E-state index contributed by atoms with van der Waals surface area (Å²) >= 11 is 0. The Bertz CT molecular complexity index is 334. The SMILES string of the molecule is [CH2]c1c(OCC)ccc(OCC)c1OCC. The van der Waals surface area contributed by atoms with Crippen molar-refractivity contribution in [3.63, 3.8) is 0 Å². The van der Waals surface area contributed by atoms with Crippen molar-refractivity contribution in [2.24, 2.45) is 0 Å². The van der Waals surface area contributed by atoms with Crippen LogP contribution in [-0.2, 0) is 0 Å². The first-order valence-corrected chi connectivity index (χ1v) is 5.61. The van der Waals surface area contributed by atoms with Gasteiger partial charge in [0.2, 0.25) is 0 Å². The van der Waals surface area contributed by atoms with Crippen LogP contribution in [0.5, 0.6) is 17.2 Å². The van der Waals surface area contributed by atoms with E-state index in [4.69, 9.17) is 14.2 Å². The van der Waals surface area contributed by atoms with E-state index in [2.05, 4.69) is 6.92 Å². The van der Waals surface area contributed by atoms with Gasteiger partial charge in [-0.3, -0.25) is 0 Å². The molecule has 0 N–H and O–H groups in total. The molecule has 16 heavy (non-hydrogen) atoms. The Hall–Kier alpha value is -1.38. The quantitative estimate of drug-likeness (QED) is 0.741. The number of hydrogen-bond donors (Lipinski definition) is 0. The van der Waals surface area contributed by atoms with Crippen LogP contribution in [-0.4, -0.2) is 19.8 Å². The van der Waals surface area contributed by atoms with Crippen molar-refractivity contribution in [2.45, 2.75) is 20.8 Å². The first-order valence-electron chi connectivity index (χ1n) is 5.61. The molecule has 0 atom stereocenters. The molecule has 0 saturated heterocycles. The molecule has 1 aromatic rings. The lowest BCUT2D eigenvalue weighted by Gasteiger charge is -2.16. The highest BCUT2D eigenvalue weighted by atomic mass is 16.5. The van der Waals surface area contributed by atoms with Gasteiger partial charge in [-0.05, 0) is 39.8 Å². The van der Waals surface area contributed by atoms with E-state index >= 15 is 0 Å². The van der Waals surface area contributed by atoms with Crippen LogP contribution in [0.3, 0.4) is 0 Å². The smallest absolute Gasteiger partial charge is 0.168 e. The zero-order valence-corrected chi connectivity index (χ0v) is 10.2. The third-order valence-corrected chi connectivity index (χ3v) is 2.07. The normalized spacial score (nSPS) is 10.0. The Morgan fingerprint density at radius 3 is 1.94 bits per heavy atom. The van der Waals surface area contributed by atoms with Gasteiger partial charge in [0.05, 0.1) is 19.8 Å². The zero-order chi connectivity index (χ0) is 12.0. The van der Waals surface area contributed by atoms with E-state index in [0.717, 1.165) is 17.1 Å². The highest BCUT2D eigenvalue weighted by molar-refractivity contribution is 5.55. The van der Waals surface area contributed by atoms with Crippen molar-refractivity contribution >= 4 is 0 Å². The summed E-state index contributed by atoms with van der Waals surface area (Å²) in [5.74, 6) is 2.14. The van der Waals surface area contributed by atoms with Gasteiger partial charge in [0, 0.05) is 5.56 Å². The van der Waals surface area contributed by atoms with Crippen molar-refractivity contribution in [1.82, 2.24) is 0 Å². The number of benzene rings is 1. The van der Waals surface area contributed by atoms with Crippen LogP contribution in [0.1, 0.15) is 26.3 Å². The van der Waals surface area contributed by atoms with Gasteiger partial charge in [-0.1, -0.05) is 0 Å². The second kappa shape index (κ2) is 6.26. The first kappa shape index (κ1) is 12.7. The number of ether oxygens (including phenoxy) is 3. The largest absolute Gasteiger partial charge is 0.493 e. The van der Waals surface area contributed by atoms with Gasteiger partial charge in [-0.15, -0.1) is 0 Å². The average molecular weight is 223 g/mol. The van der Waals surface area contributed by atoms with Gasteiger partial charge in [0.1, 0.15) is 5.75 Å². The third kappa shape index (κ3) is 2.81. The van der Waals surface area contributed by atoms with Crippen LogP contribution in [0.4, 0.5) is 0 Å². The fourth-order valence-electron chi connectivity index (χ4n) is 1.45. The second-order valence-corrected chi connectivity index (χ2v) is 3.17. The minimum atomic E-state index is 0.582. The van der Waals surface area contributed by atoms with Crippen molar-refractivity contribution in [1.29, 1.82) is 0 Å². The fourth-order valence-corrected chi connectivity index (χ4v) is 1.45. The average Bonchev–Trinajstić information content (AvgIpc) is 2.28. The van der Waals surface area contributed by atoms with E-state index in [1.165, 1.54) is 0 Å². The molecule has 0 bridgehead atoms. The van der Waals surface area contributed by atoms with Crippen molar-refractivity contribution in [3.8, 4) is 17.2 Å². The molecular formula is C13H19O3. The highest BCUT2D eigenvalue weighted by Crippen LogP contribution is 2.37. The van der Waals surface area contributed by atoms with E-state index in [0.29, 0.717) is 25.6 Å². The van der Waals surface area contributed by atoms with E-state index in [9.17, 15) is 0 Å². The summed E-state index contributed by atoms with van der Waals surface area (Å²) in [6, 6.07) is 3.72. The lowest BCUT2D eigenvalue weighted by Crippen LogP contribution is -2.02. The molecule has 1 aromatic carbocycles. The van der Waals surface area contributed by atoms with Crippen LogP contribution in [0.25, 0.3) is 0 Å². The standard InChI is InChI=1S/C13H19O3/c1-5-14-11-8-9-12(15-6-2)13(10(11)4)16-7-3/h8-9H,4-7H2,1-3H3. The van der Waals surface area contributed by atoms with Gasteiger partial charge in [-0.25, -0.2) is 0 Å². The monoisotopic (exact) mass is 223 g/mol. The predicted octanol–water partition coefficient (Wildman–Crippen LogP) is 3.06. The maximum Gasteiger partial charge on any atom is 0.168 e. The first-order chi connectivity index (χ1) is 7.74. The van der Waals surface area contributed by atoms with Crippen LogP contribution in [0.15, 0.2) is 12.1 Å². The van der Waals surface area contributed by atoms with Gasteiger partial charge < -0.3 is 14.2 Å². The summed E-state index contributed by atoms with van der Waals surface area (Å²) in [5.41, 5.74) is 0.745. The Labute approximate surface area is 97.3 Å². The molecule has 0 fully saturated rings. The maximum atomic E-state index is 5.54. The molecule has 0 amide bonds. The van der Waals surface area contributed by atoms with E-state index in [-0.39, 0.29) is 0 Å². The van der Waals surface area contributed by atoms with Crippen molar-refractivity contribution in [2.75, 3.05) is 19.8 Å².